The van der Waals surface area contributed by atoms with Gasteiger partial charge in [-0.15, -0.1) is 0 Å². The minimum absolute atomic E-state index is 0.156. The van der Waals surface area contributed by atoms with Gasteiger partial charge in [-0.3, -0.25) is 0 Å². The van der Waals surface area contributed by atoms with E-state index in [2.05, 4.69) is 15.5 Å². The first-order valence-electron chi connectivity index (χ1n) is 7.41. The van der Waals surface area contributed by atoms with E-state index in [4.69, 9.17) is 4.52 Å². The number of nitrogens with one attached hydrogen (secondary N) is 1. The fourth-order valence-corrected chi connectivity index (χ4v) is 2.69. The number of halogens is 1. The maximum atomic E-state index is 13.1. The largest absolute Gasteiger partial charge is 0.338 e. The van der Waals surface area contributed by atoms with Crippen LogP contribution in [0.25, 0.3) is 0 Å². The molecule has 0 unspecified atom stereocenters. The summed E-state index contributed by atoms with van der Waals surface area (Å²) >= 11 is 0. The van der Waals surface area contributed by atoms with Crippen molar-refractivity contribution in [2.24, 2.45) is 0 Å². The SMILES string of the molecule is CC(C)(c1ccc(F)cc1)c1noc([C@H]2CCCCN2)n1. The lowest BCUT2D eigenvalue weighted by Gasteiger charge is -2.21. The summed E-state index contributed by atoms with van der Waals surface area (Å²) in [5.74, 6) is 1.05. The van der Waals surface area contributed by atoms with Crippen molar-refractivity contribution in [3.63, 3.8) is 0 Å². The van der Waals surface area contributed by atoms with E-state index in [9.17, 15) is 4.39 Å². The average Bonchev–Trinajstić information content (AvgIpc) is 2.99. The van der Waals surface area contributed by atoms with Crippen LogP contribution in [0.1, 0.15) is 56.4 Å². The fourth-order valence-electron chi connectivity index (χ4n) is 2.69. The van der Waals surface area contributed by atoms with Gasteiger partial charge >= 0.3 is 0 Å². The lowest BCUT2D eigenvalue weighted by molar-refractivity contribution is 0.294. The minimum Gasteiger partial charge on any atom is -0.338 e. The summed E-state index contributed by atoms with van der Waals surface area (Å²) in [5.41, 5.74) is 0.553. The van der Waals surface area contributed by atoms with Crippen molar-refractivity contribution >= 4 is 0 Å². The smallest absolute Gasteiger partial charge is 0.243 e. The fraction of sp³-hybridized carbons (Fsp3) is 0.500. The van der Waals surface area contributed by atoms with Gasteiger partial charge in [0.15, 0.2) is 5.82 Å². The number of aromatic nitrogens is 2. The standard InChI is InChI=1S/C16H20FN3O/c1-16(2,11-6-8-12(17)9-7-11)15-19-14(21-20-15)13-5-3-4-10-18-13/h6-9,13,18H,3-5,10H2,1-2H3/t13-/m1/s1. The Morgan fingerprint density at radius 2 is 2.00 bits per heavy atom. The first-order valence-corrected chi connectivity index (χ1v) is 7.41. The number of hydrogen-bond acceptors (Lipinski definition) is 4. The predicted molar refractivity (Wildman–Crippen MR) is 77.4 cm³/mol. The minimum atomic E-state index is -0.413. The topological polar surface area (TPSA) is 51.0 Å². The second kappa shape index (κ2) is 5.56. The molecular weight excluding hydrogens is 269 g/mol. The zero-order valence-corrected chi connectivity index (χ0v) is 12.4. The highest BCUT2D eigenvalue weighted by Crippen LogP contribution is 2.31. The van der Waals surface area contributed by atoms with Gasteiger partial charge in [0, 0.05) is 0 Å². The second-order valence-electron chi connectivity index (χ2n) is 6.09. The highest BCUT2D eigenvalue weighted by Gasteiger charge is 2.30. The summed E-state index contributed by atoms with van der Waals surface area (Å²) in [6.45, 7) is 5.02. The van der Waals surface area contributed by atoms with E-state index in [1.165, 1.54) is 25.0 Å². The molecule has 112 valence electrons. The molecule has 2 aromatic rings. The van der Waals surface area contributed by atoms with E-state index >= 15 is 0 Å². The Hall–Kier alpha value is -1.75. The summed E-state index contributed by atoms with van der Waals surface area (Å²) in [6.07, 6.45) is 3.40. The number of benzene rings is 1. The Bertz CT molecular complexity index is 600. The van der Waals surface area contributed by atoms with E-state index < -0.39 is 5.41 Å². The molecule has 4 nitrogen and oxygen atoms in total. The molecule has 1 aromatic carbocycles. The zero-order chi connectivity index (χ0) is 14.9. The Morgan fingerprint density at radius 3 is 2.67 bits per heavy atom. The Morgan fingerprint density at radius 1 is 1.24 bits per heavy atom. The molecule has 3 rings (SSSR count). The molecule has 21 heavy (non-hydrogen) atoms. The molecule has 5 heteroatoms. The summed E-state index contributed by atoms with van der Waals surface area (Å²) in [4.78, 5) is 4.57. The second-order valence-corrected chi connectivity index (χ2v) is 6.09. The van der Waals surface area contributed by atoms with E-state index in [-0.39, 0.29) is 11.9 Å². The van der Waals surface area contributed by atoms with E-state index in [0.29, 0.717) is 11.7 Å². The molecule has 1 fully saturated rings. The maximum Gasteiger partial charge on any atom is 0.243 e. The summed E-state index contributed by atoms with van der Waals surface area (Å²) in [5, 5.41) is 7.54. The van der Waals surface area contributed by atoms with Crippen molar-refractivity contribution in [2.75, 3.05) is 6.54 Å². The number of piperidine rings is 1. The van der Waals surface area contributed by atoms with Gasteiger partial charge in [0.2, 0.25) is 5.89 Å². The van der Waals surface area contributed by atoms with Crippen LogP contribution in [0, 0.1) is 5.82 Å². The van der Waals surface area contributed by atoms with Gasteiger partial charge < -0.3 is 9.84 Å². The lowest BCUT2D eigenvalue weighted by atomic mass is 9.84. The molecule has 1 saturated heterocycles. The van der Waals surface area contributed by atoms with Crippen LogP contribution in [0.4, 0.5) is 4.39 Å². The Labute approximate surface area is 123 Å². The van der Waals surface area contributed by atoms with Crippen molar-refractivity contribution in [1.29, 1.82) is 0 Å². The van der Waals surface area contributed by atoms with Gasteiger partial charge in [0.1, 0.15) is 5.82 Å². The Kier molecular flexibility index (Phi) is 3.76. The van der Waals surface area contributed by atoms with Crippen LogP contribution < -0.4 is 5.32 Å². The molecule has 0 radical (unpaired) electrons. The van der Waals surface area contributed by atoms with Crippen LogP contribution in [0.5, 0.6) is 0 Å². The third-order valence-corrected chi connectivity index (χ3v) is 4.18. The van der Waals surface area contributed by atoms with Crippen LogP contribution in [-0.4, -0.2) is 16.7 Å². The molecular formula is C16H20FN3O. The lowest BCUT2D eigenvalue weighted by Crippen LogP contribution is -2.27. The van der Waals surface area contributed by atoms with Crippen LogP contribution in [-0.2, 0) is 5.41 Å². The van der Waals surface area contributed by atoms with Gasteiger partial charge in [0.25, 0.3) is 0 Å². The van der Waals surface area contributed by atoms with Gasteiger partial charge in [0.05, 0.1) is 11.5 Å². The van der Waals surface area contributed by atoms with Crippen molar-refractivity contribution in [1.82, 2.24) is 15.5 Å². The monoisotopic (exact) mass is 289 g/mol. The van der Waals surface area contributed by atoms with Crippen molar-refractivity contribution < 1.29 is 8.91 Å². The van der Waals surface area contributed by atoms with Crippen LogP contribution >= 0.6 is 0 Å². The summed E-state index contributed by atoms with van der Waals surface area (Å²) in [6, 6.07) is 6.61. The van der Waals surface area contributed by atoms with Gasteiger partial charge in [-0.1, -0.05) is 23.7 Å². The number of hydrogen-bond donors (Lipinski definition) is 1. The molecule has 1 aromatic heterocycles. The third-order valence-electron chi connectivity index (χ3n) is 4.18. The van der Waals surface area contributed by atoms with Crippen molar-refractivity contribution in [3.05, 3.63) is 47.4 Å². The highest BCUT2D eigenvalue weighted by atomic mass is 19.1. The van der Waals surface area contributed by atoms with Crippen molar-refractivity contribution in [2.45, 2.75) is 44.6 Å². The normalized spacial score (nSPS) is 19.7. The van der Waals surface area contributed by atoms with Crippen LogP contribution in [0.3, 0.4) is 0 Å². The van der Waals surface area contributed by atoms with Gasteiger partial charge in [-0.05, 0) is 50.9 Å². The first-order chi connectivity index (χ1) is 10.1. The van der Waals surface area contributed by atoms with E-state index in [0.717, 1.165) is 18.5 Å². The molecule has 0 amide bonds. The Balaban J connectivity index is 1.85. The zero-order valence-electron chi connectivity index (χ0n) is 12.4. The van der Waals surface area contributed by atoms with E-state index in [1.807, 2.05) is 13.8 Å². The predicted octanol–water partition coefficient (Wildman–Crippen LogP) is 3.35. The van der Waals surface area contributed by atoms with Crippen LogP contribution in [0.15, 0.2) is 28.8 Å². The van der Waals surface area contributed by atoms with Crippen LogP contribution in [0.2, 0.25) is 0 Å². The van der Waals surface area contributed by atoms with E-state index in [1.54, 1.807) is 12.1 Å². The molecule has 0 spiro atoms. The quantitative estimate of drug-likeness (QED) is 0.941. The molecule has 1 N–H and O–H groups in total. The van der Waals surface area contributed by atoms with Crippen molar-refractivity contribution in [3.8, 4) is 0 Å². The summed E-state index contributed by atoms with van der Waals surface area (Å²) in [7, 11) is 0. The number of rotatable bonds is 3. The number of nitrogens with zero attached hydrogens (tertiary/aromatic N) is 2. The molecule has 0 aliphatic carbocycles. The first kappa shape index (κ1) is 14.2. The molecule has 1 aliphatic heterocycles. The highest BCUT2D eigenvalue weighted by molar-refractivity contribution is 5.30. The average molecular weight is 289 g/mol. The summed E-state index contributed by atoms with van der Waals surface area (Å²) < 4.78 is 18.5. The van der Waals surface area contributed by atoms with Gasteiger partial charge in [-0.25, -0.2) is 4.39 Å². The molecule has 1 aliphatic rings. The van der Waals surface area contributed by atoms with Gasteiger partial charge in [-0.2, -0.15) is 4.98 Å². The maximum absolute atomic E-state index is 13.1. The molecule has 1 atom stereocenters. The molecule has 0 saturated carbocycles. The molecule has 2 heterocycles. The molecule has 0 bridgehead atoms. The third kappa shape index (κ3) is 2.83.